The Labute approximate surface area is 94.7 Å². The molecule has 3 N–H and O–H groups in total. The molecule has 0 saturated heterocycles. The third-order valence-electron chi connectivity index (χ3n) is 3.87. The molecule has 0 aromatic carbocycles. The molecule has 0 radical (unpaired) electrons. The number of halogens is 3. The van der Waals surface area contributed by atoms with E-state index < -0.39 is 18.6 Å². The zero-order chi connectivity index (χ0) is 12.3. The SMILES string of the molecule is CC1CCC(C(CC(F)(F)F)NN)CC1C. The smallest absolute Gasteiger partial charge is 0.271 e. The average Bonchev–Trinajstić information content (AvgIpc) is 2.17. The van der Waals surface area contributed by atoms with Crippen LogP contribution in [0.5, 0.6) is 0 Å². The molecule has 0 aromatic rings. The minimum Gasteiger partial charge on any atom is -0.271 e. The summed E-state index contributed by atoms with van der Waals surface area (Å²) in [4.78, 5) is 0. The highest BCUT2D eigenvalue weighted by Crippen LogP contribution is 2.37. The molecule has 1 aliphatic carbocycles. The molecule has 16 heavy (non-hydrogen) atoms. The Morgan fingerprint density at radius 3 is 2.31 bits per heavy atom. The van der Waals surface area contributed by atoms with E-state index in [0.29, 0.717) is 11.8 Å². The third-order valence-corrected chi connectivity index (χ3v) is 3.87. The van der Waals surface area contributed by atoms with Crippen LogP contribution in [-0.2, 0) is 0 Å². The first-order chi connectivity index (χ1) is 7.33. The van der Waals surface area contributed by atoms with Gasteiger partial charge in [0.05, 0.1) is 6.42 Å². The number of alkyl halides is 3. The van der Waals surface area contributed by atoms with Crippen LogP contribution in [0.2, 0.25) is 0 Å². The Hall–Kier alpha value is -0.290. The fourth-order valence-corrected chi connectivity index (χ4v) is 2.57. The van der Waals surface area contributed by atoms with E-state index in [9.17, 15) is 13.2 Å². The lowest BCUT2D eigenvalue weighted by atomic mass is 9.73. The van der Waals surface area contributed by atoms with E-state index in [0.717, 1.165) is 19.3 Å². The summed E-state index contributed by atoms with van der Waals surface area (Å²) >= 11 is 0. The van der Waals surface area contributed by atoms with Crippen molar-refractivity contribution in [2.75, 3.05) is 0 Å². The Balaban J connectivity index is 2.54. The van der Waals surface area contributed by atoms with E-state index in [2.05, 4.69) is 19.3 Å². The topological polar surface area (TPSA) is 38.0 Å². The summed E-state index contributed by atoms with van der Waals surface area (Å²) in [6.45, 7) is 4.27. The van der Waals surface area contributed by atoms with Crippen molar-refractivity contribution in [2.45, 2.75) is 51.7 Å². The Bertz CT molecular complexity index is 218. The molecule has 2 nitrogen and oxygen atoms in total. The average molecular weight is 238 g/mol. The first-order valence-electron chi connectivity index (χ1n) is 5.86. The minimum atomic E-state index is -4.14. The quantitative estimate of drug-likeness (QED) is 0.586. The predicted octanol–water partition coefficient (Wildman–Crippen LogP) is 2.84. The summed E-state index contributed by atoms with van der Waals surface area (Å²) in [5, 5.41) is 0. The Morgan fingerprint density at radius 1 is 1.25 bits per heavy atom. The zero-order valence-electron chi connectivity index (χ0n) is 9.85. The molecule has 0 heterocycles. The van der Waals surface area contributed by atoms with Gasteiger partial charge in [-0.3, -0.25) is 11.3 Å². The van der Waals surface area contributed by atoms with Gasteiger partial charge in [-0.1, -0.05) is 20.3 Å². The molecule has 1 saturated carbocycles. The van der Waals surface area contributed by atoms with E-state index in [1.54, 1.807) is 0 Å². The van der Waals surface area contributed by atoms with E-state index in [4.69, 9.17) is 5.84 Å². The molecule has 0 bridgehead atoms. The maximum absolute atomic E-state index is 12.3. The second-order valence-electron chi connectivity index (χ2n) is 5.12. The molecule has 4 atom stereocenters. The van der Waals surface area contributed by atoms with Gasteiger partial charge in [-0.25, -0.2) is 0 Å². The van der Waals surface area contributed by atoms with E-state index >= 15 is 0 Å². The molecule has 96 valence electrons. The molecule has 0 aromatic heterocycles. The van der Waals surface area contributed by atoms with Gasteiger partial charge in [0.1, 0.15) is 0 Å². The van der Waals surface area contributed by atoms with Gasteiger partial charge in [0, 0.05) is 6.04 Å². The van der Waals surface area contributed by atoms with Crippen LogP contribution >= 0.6 is 0 Å². The maximum atomic E-state index is 12.3. The normalized spacial score (nSPS) is 33.8. The highest BCUT2D eigenvalue weighted by molar-refractivity contribution is 4.84. The highest BCUT2D eigenvalue weighted by Gasteiger charge is 2.37. The van der Waals surface area contributed by atoms with Gasteiger partial charge in [0.15, 0.2) is 0 Å². The van der Waals surface area contributed by atoms with Crippen LogP contribution in [0.4, 0.5) is 13.2 Å². The standard InChI is InChI=1S/C11H21F3N2/c1-7-3-4-9(5-8(7)2)10(16-15)6-11(12,13)14/h7-10,16H,3-6,15H2,1-2H3. The van der Waals surface area contributed by atoms with Gasteiger partial charge >= 0.3 is 6.18 Å². The van der Waals surface area contributed by atoms with Crippen molar-refractivity contribution in [2.24, 2.45) is 23.6 Å². The van der Waals surface area contributed by atoms with Crippen LogP contribution < -0.4 is 11.3 Å². The van der Waals surface area contributed by atoms with Gasteiger partial charge in [-0.05, 0) is 30.6 Å². The summed E-state index contributed by atoms with van der Waals surface area (Å²) in [5.41, 5.74) is 2.34. The highest BCUT2D eigenvalue weighted by atomic mass is 19.4. The van der Waals surface area contributed by atoms with Crippen molar-refractivity contribution in [1.29, 1.82) is 0 Å². The van der Waals surface area contributed by atoms with Crippen molar-refractivity contribution in [3.8, 4) is 0 Å². The van der Waals surface area contributed by atoms with E-state index in [1.165, 1.54) is 0 Å². The Morgan fingerprint density at radius 2 is 1.88 bits per heavy atom. The largest absolute Gasteiger partial charge is 0.390 e. The number of rotatable bonds is 3. The lowest BCUT2D eigenvalue weighted by Gasteiger charge is -2.36. The van der Waals surface area contributed by atoms with Gasteiger partial charge in [0.2, 0.25) is 0 Å². The minimum absolute atomic E-state index is 0.0535. The van der Waals surface area contributed by atoms with Crippen LogP contribution in [-0.4, -0.2) is 12.2 Å². The first-order valence-corrected chi connectivity index (χ1v) is 5.86. The second-order valence-corrected chi connectivity index (χ2v) is 5.12. The molecule has 0 aliphatic heterocycles. The summed E-state index contributed by atoms with van der Waals surface area (Å²) < 4.78 is 37.0. The van der Waals surface area contributed by atoms with Crippen LogP contribution in [0.1, 0.15) is 39.5 Å². The Kier molecular flexibility index (Phi) is 4.62. The summed E-state index contributed by atoms with van der Waals surface area (Å²) in [5.74, 6) is 6.39. The van der Waals surface area contributed by atoms with Crippen LogP contribution in [0.25, 0.3) is 0 Å². The molecule has 1 rings (SSSR count). The molecular weight excluding hydrogens is 217 g/mol. The lowest BCUT2D eigenvalue weighted by molar-refractivity contribution is -0.144. The fourth-order valence-electron chi connectivity index (χ4n) is 2.57. The van der Waals surface area contributed by atoms with Crippen LogP contribution in [0, 0.1) is 17.8 Å². The lowest BCUT2D eigenvalue weighted by Crippen LogP contribution is -2.45. The van der Waals surface area contributed by atoms with Crippen molar-refractivity contribution in [3.63, 3.8) is 0 Å². The second kappa shape index (κ2) is 5.36. The van der Waals surface area contributed by atoms with Crippen molar-refractivity contribution in [3.05, 3.63) is 0 Å². The fraction of sp³-hybridized carbons (Fsp3) is 1.00. The summed E-state index contributed by atoms with van der Waals surface area (Å²) in [6, 6.07) is -0.630. The molecule has 4 unspecified atom stereocenters. The summed E-state index contributed by atoms with van der Waals surface area (Å²) in [6.07, 6.45) is -2.27. The van der Waals surface area contributed by atoms with E-state index in [-0.39, 0.29) is 5.92 Å². The number of nitrogens with one attached hydrogen (secondary N) is 1. The molecule has 0 spiro atoms. The van der Waals surface area contributed by atoms with Crippen LogP contribution in [0.15, 0.2) is 0 Å². The van der Waals surface area contributed by atoms with Crippen LogP contribution in [0.3, 0.4) is 0 Å². The first kappa shape index (κ1) is 13.8. The van der Waals surface area contributed by atoms with Gasteiger partial charge in [0.25, 0.3) is 0 Å². The molecule has 5 heteroatoms. The van der Waals surface area contributed by atoms with Gasteiger partial charge in [-0.2, -0.15) is 13.2 Å². The third kappa shape index (κ3) is 3.94. The maximum Gasteiger partial charge on any atom is 0.390 e. The number of nitrogens with two attached hydrogens (primary N) is 1. The number of hydrazine groups is 1. The van der Waals surface area contributed by atoms with Gasteiger partial charge in [-0.15, -0.1) is 0 Å². The molecule has 0 amide bonds. The molecule has 1 aliphatic rings. The number of hydrogen-bond donors (Lipinski definition) is 2. The van der Waals surface area contributed by atoms with Crippen molar-refractivity contribution in [1.82, 2.24) is 5.43 Å². The van der Waals surface area contributed by atoms with Gasteiger partial charge < -0.3 is 0 Å². The van der Waals surface area contributed by atoms with E-state index in [1.807, 2.05) is 0 Å². The van der Waals surface area contributed by atoms with Crippen molar-refractivity contribution >= 4 is 0 Å². The number of hydrogen-bond acceptors (Lipinski definition) is 2. The monoisotopic (exact) mass is 238 g/mol. The van der Waals surface area contributed by atoms with Crippen molar-refractivity contribution < 1.29 is 13.2 Å². The zero-order valence-corrected chi connectivity index (χ0v) is 9.85. The summed E-state index contributed by atoms with van der Waals surface area (Å²) in [7, 11) is 0. The molecular formula is C11H21F3N2. The predicted molar refractivity (Wildman–Crippen MR) is 57.5 cm³/mol. The molecule has 1 fully saturated rings.